The van der Waals surface area contributed by atoms with Gasteiger partial charge in [0.1, 0.15) is 0 Å². The monoisotopic (exact) mass is 400 g/mol. The number of halogens is 1. The molecule has 0 fully saturated rings. The summed E-state index contributed by atoms with van der Waals surface area (Å²) in [5, 5.41) is 1.31. The number of H-pyrrole nitrogens is 1. The molecule has 0 aliphatic carbocycles. The average Bonchev–Trinajstić information content (AvgIpc) is 2.88. The van der Waals surface area contributed by atoms with Gasteiger partial charge < -0.3 is 15.6 Å². The maximum absolute atomic E-state index is 5.96. The lowest BCUT2D eigenvalue weighted by atomic mass is 10.1. The lowest BCUT2D eigenvalue weighted by Gasteiger charge is -2.19. The zero-order valence-corrected chi connectivity index (χ0v) is 15.1. The summed E-state index contributed by atoms with van der Waals surface area (Å²) in [6.45, 7) is 6.79. The molecule has 1 heterocycles. The number of hydrogen-bond acceptors (Lipinski definition) is 1. The van der Waals surface area contributed by atoms with Gasteiger partial charge in [0.15, 0.2) is 5.96 Å². The molecule has 1 aromatic heterocycles. The number of rotatable bonds is 6. The van der Waals surface area contributed by atoms with Gasteiger partial charge in [-0.05, 0) is 38.3 Å². The molecular weight excluding hydrogens is 375 g/mol. The highest BCUT2D eigenvalue weighted by Crippen LogP contribution is 2.18. The zero-order valence-electron chi connectivity index (χ0n) is 12.8. The third-order valence-corrected chi connectivity index (χ3v) is 3.64. The van der Waals surface area contributed by atoms with Crippen LogP contribution in [0.15, 0.2) is 35.5 Å². The van der Waals surface area contributed by atoms with Gasteiger partial charge in [0, 0.05) is 36.7 Å². The lowest BCUT2D eigenvalue weighted by molar-refractivity contribution is 0.458. The van der Waals surface area contributed by atoms with E-state index in [1.54, 1.807) is 0 Å². The molecule has 3 N–H and O–H groups in total. The number of para-hydroxylation sites is 1. The maximum Gasteiger partial charge on any atom is 0.191 e. The molecule has 116 valence electrons. The quantitative estimate of drug-likeness (QED) is 0.338. The number of nitrogens with zero attached hydrogens (tertiary/aromatic N) is 2. The van der Waals surface area contributed by atoms with Gasteiger partial charge in [0.2, 0.25) is 0 Å². The second kappa shape index (κ2) is 8.92. The fourth-order valence-electron chi connectivity index (χ4n) is 2.45. The second-order valence-electron chi connectivity index (χ2n) is 4.88. The van der Waals surface area contributed by atoms with E-state index in [-0.39, 0.29) is 24.0 Å². The zero-order chi connectivity index (χ0) is 14.4. The first kappa shape index (κ1) is 17.8. The number of fused-ring (bicyclic) bond motifs is 1. The van der Waals surface area contributed by atoms with Gasteiger partial charge in [-0.3, -0.25) is 4.99 Å². The minimum Gasteiger partial charge on any atom is -0.370 e. The number of nitrogens with two attached hydrogens (primary N) is 1. The largest absolute Gasteiger partial charge is 0.370 e. The molecule has 0 radical (unpaired) electrons. The van der Waals surface area contributed by atoms with E-state index in [0.29, 0.717) is 5.96 Å². The summed E-state index contributed by atoms with van der Waals surface area (Å²) in [7, 11) is 0. The molecule has 0 saturated carbocycles. The van der Waals surface area contributed by atoms with Crippen LogP contribution in [0.25, 0.3) is 10.9 Å². The van der Waals surface area contributed by atoms with Crippen LogP contribution < -0.4 is 5.73 Å². The first-order valence-electron chi connectivity index (χ1n) is 7.36. The molecule has 0 aliphatic rings. The summed E-state index contributed by atoms with van der Waals surface area (Å²) in [5.74, 6) is 0.661. The van der Waals surface area contributed by atoms with E-state index in [9.17, 15) is 0 Å². The predicted molar refractivity (Wildman–Crippen MR) is 101 cm³/mol. The highest BCUT2D eigenvalue weighted by molar-refractivity contribution is 14.0. The van der Waals surface area contributed by atoms with Crippen LogP contribution in [0.1, 0.15) is 25.8 Å². The van der Waals surface area contributed by atoms with Gasteiger partial charge in [-0.2, -0.15) is 0 Å². The maximum atomic E-state index is 5.96. The summed E-state index contributed by atoms with van der Waals surface area (Å²) >= 11 is 0. The van der Waals surface area contributed by atoms with E-state index in [1.165, 1.54) is 16.5 Å². The molecule has 0 amide bonds. The van der Waals surface area contributed by atoms with E-state index >= 15 is 0 Å². The van der Waals surface area contributed by atoms with Gasteiger partial charge in [-0.15, -0.1) is 24.0 Å². The van der Waals surface area contributed by atoms with Crippen LogP contribution in [0, 0.1) is 0 Å². The first-order chi connectivity index (χ1) is 9.76. The topological polar surface area (TPSA) is 57.4 Å². The third kappa shape index (κ3) is 4.62. The standard InChI is InChI=1S/C16H24N4.HI/c1-3-20(4-2)16(17)18-11-7-8-13-12-19-15-10-6-5-9-14(13)15;/h5-6,9-10,12,19H,3-4,7-8,11H2,1-2H3,(H2,17,18);1H. The van der Waals surface area contributed by atoms with Gasteiger partial charge in [-0.25, -0.2) is 0 Å². The van der Waals surface area contributed by atoms with E-state index in [2.05, 4.69) is 59.2 Å². The summed E-state index contributed by atoms with van der Waals surface area (Å²) < 4.78 is 0. The van der Waals surface area contributed by atoms with E-state index in [1.807, 2.05) is 0 Å². The number of benzene rings is 1. The predicted octanol–water partition coefficient (Wildman–Crippen LogP) is 3.38. The van der Waals surface area contributed by atoms with Gasteiger partial charge in [0.25, 0.3) is 0 Å². The fourth-order valence-corrected chi connectivity index (χ4v) is 2.45. The molecule has 0 unspecified atom stereocenters. The Kier molecular flexibility index (Phi) is 7.56. The molecule has 5 heteroatoms. The van der Waals surface area contributed by atoms with Crippen LogP contribution in [-0.2, 0) is 6.42 Å². The number of guanidine groups is 1. The molecule has 0 aliphatic heterocycles. The Bertz CT molecular complexity index is 572. The van der Waals surface area contributed by atoms with Crippen LogP contribution in [0.3, 0.4) is 0 Å². The fraction of sp³-hybridized carbons (Fsp3) is 0.438. The number of aliphatic imine (C=N–C) groups is 1. The van der Waals surface area contributed by atoms with Crippen LogP contribution in [0.4, 0.5) is 0 Å². The molecule has 0 atom stereocenters. The number of nitrogens with one attached hydrogen (secondary N) is 1. The Morgan fingerprint density at radius 2 is 1.95 bits per heavy atom. The highest BCUT2D eigenvalue weighted by atomic mass is 127. The van der Waals surface area contributed by atoms with Crippen LogP contribution in [0.2, 0.25) is 0 Å². The molecule has 2 aromatic rings. The number of aryl methyl sites for hydroxylation is 1. The van der Waals surface area contributed by atoms with Gasteiger partial charge >= 0.3 is 0 Å². The molecule has 21 heavy (non-hydrogen) atoms. The highest BCUT2D eigenvalue weighted by Gasteiger charge is 2.03. The smallest absolute Gasteiger partial charge is 0.191 e. The van der Waals surface area contributed by atoms with Crippen LogP contribution >= 0.6 is 24.0 Å². The molecule has 4 nitrogen and oxygen atoms in total. The molecule has 0 spiro atoms. The molecule has 0 bridgehead atoms. The Morgan fingerprint density at radius 1 is 1.24 bits per heavy atom. The number of aromatic nitrogens is 1. The first-order valence-corrected chi connectivity index (χ1v) is 7.36. The number of aromatic amines is 1. The SMILES string of the molecule is CCN(CC)C(N)=NCCCc1c[nH]c2ccccc12.I. The van der Waals surface area contributed by atoms with E-state index in [4.69, 9.17) is 5.73 Å². The summed E-state index contributed by atoms with van der Waals surface area (Å²) in [4.78, 5) is 9.84. The third-order valence-electron chi connectivity index (χ3n) is 3.64. The van der Waals surface area contributed by atoms with Crippen LogP contribution in [0.5, 0.6) is 0 Å². The van der Waals surface area contributed by atoms with Gasteiger partial charge in [-0.1, -0.05) is 18.2 Å². The van der Waals surface area contributed by atoms with Crippen molar-refractivity contribution in [1.82, 2.24) is 9.88 Å². The van der Waals surface area contributed by atoms with Crippen molar-refractivity contribution in [3.05, 3.63) is 36.0 Å². The summed E-state index contributed by atoms with van der Waals surface area (Å²) in [5.41, 5.74) is 8.52. The average molecular weight is 400 g/mol. The van der Waals surface area contributed by atoms with Crippen LogP contribution in [-0.4, -0.2) is 35.5 Å². The van der Waals surface area contributed by atoms with Crippen molar-refractivity contribution in [1.29, 1.82) is 0 Å². The van der Waals surface area contributed by atoms with Crippen molar-refractivity contribution in [2.45, 2.75) is 26.7 Å². The van der Waals surface area contributed by atoms with Crippen molar-refractivity contribution < 1.29 is 0 Å². The Balaban J connectivity index is 0.00000220. The molecule has 2 rings (SSSR count). The Morgan fingerprint density at radius 3 is 2.67 bits per heavy atom. The lowest BCUT2D eigenvalue weighted by Crippen LogP contribution is -2.37. The second-order valence-corrected chi connectivity index (χ2v) is 4.88. The van der Waals surface area contributed by atoms with Crippen molar-refractivity contribution in [2.24, 2.45) is 10.7 Å². The normalized spacial score (nSPS) is 11.4. The van der Waals surface area contributed by atoms with Crippen molar-refractivity contribution in [3.8, 4) is 0 Å². The Labute approximate surface area is 143 Å². The van der Waals surface area contributed by atoms with Crippen molar-refractivity contribution >= 4 is 40.8 Å². The number of hydrogen-bond donors (Lipinski definition) is 2. The van der Waals surface area contributed by atoms with E-state index < -0.39 is 0 Å². The molecule has 0 saturated heterocycles. The van der Waals surface area contributed by atoms with E-state index in [0.717, 1.165) is 32.5 Å². The summed E-state index contributed by atoms with van der Waals surface area (Å²) in [6, 6.07) is 8.40. The molecule has 1 aromatic carbocycles. The minimum absolute atomic E-state index is 0. The summed E-state index contributed by atoms with van der Waals surface area (Å²) in [6.07, 6.45) is 4.14. The van der Waals surface area contributed by atoms with Crippen molar-refractivity contribution in [3.63, 3.8) is 0 Å². The molecular formula is C16H25IN4. The van der Waals surface area contributed by atoms with Crippen molar-refractivity contribution in [2.75, 3.05) is 19.6 Å². The Hall–Kier alpha value is -1.24. The minimum atomic E-state index is 0. The van der Waals surface area contributed by atoms with Gasteiger partial charge in [0.05, 0.1) is 0 Å².